The molecule has 2 heterocycles. The molecule has 1 aliphatic rings. The van der Waals surface area contributed by atoms with Gasteiger partial charge < -0.3 is 4.57 Å². The van der Waals surface area contributed by atoms with Gasteiger partial charge in [-0.05, 0) is 81.9 Å². The van der Waals surface area contributed by atoms with Gasteiger partial charge in [-0.1, -0.05) is 103 Å². The summed E-state index contributed by atoms with van der Waals surface area (Å²) in [5, 5.41) is 5.22. The molecule has 2 aromatic heterocycles. The molecule has 9 rings (SSSR count). The Morgan fingerprint density at radius 3 is 2.26 bits per heavy atom. The van der Waals surface area contributed by atoms with E-state index in [0.29, 0.717) is 0 Å². The van der Waals surface area contributed by atoms with Crippen molar-refractivity contribution in [3.8, 4) is 27.9 Å². The number of hydrogen-bond acceptors (Lipinski definition) is 1. The Bertz CT molecular complexity index is 2400. The van der Waals surface area contributed by atoms with Crippen molar-refractivity contribution in [2.45, 2.75) is 19.3 Å². The van der Waals surface area contributed by atoms with E-state index in [4.69, 9.17) is 0 Å². The Hall–Kier alpha value is -4.18. The minimum atomic E-state index is -0.0549. The van der Waals surface area contributed by atoms with Crippen LogP contribution in [0.5, 0.6) is 0 Å². The number of halogens is 1. The molecule has 0 fully saturated rings. The SMILES string of the molecule is CC1(C)c2ccccc2-c2cc3c4cc(Br)ccc4n(-c4cccc(-c5cccc6c5sc5ccccc56)c4)c3cc21. The van der Waals surface area contributed by atoms with Crippen molar-refractivity contribution >= 4 is 69.2 Å². The molecule has 0 aliphatic heterocycles. The van der Waals surface area contributed by atoms with E-state index in [1.165, 1.54) is 81.0 Å². The first-order valence-electron chi connectivity index (χ1n) is 14.4. The maximum absolute atomic E-state index is 3.76. The lowest BCUT2D eigenvalue weighted by Crippen LogP contribution is -2.14. The van der Waals surface area contributed by atoms with E-state index in [1.54, 1.807) is 0 Å². The third-order valence-electron chi connectivity index (χ3n) is 9.25. The summed E-state index contributed by atoms with van der Waals surface area (Å²) in [7, 11) is 0. The van der Waals surface area contributed by atoms with Crippen molar-refractivity contribution in [1.82, 2.24) is 4.57 Å². The second-order valence-electron chi connectivity index (χ2n) is 11.9. The van der Waals surface area contributed by atoms with E-state index in [1.807, 2.05) is 11.3 Å². The zero-order valence-electron chi connectivity index (χ0n) is 23.3. The van der Waals surface area contributed by atoms with Crippen LogP contribution >= 0.6 is 27.3 Å². The van der Waals surface area contributed by atoms with Crippen LogP contribution < -0.4 is 0 Å². The van der Waals surface area contributed by atoms with Gasteiger partial charge in [-0.3, -0.25) is 0 Å². The smallest absolute Gasteiger partial charge is 0.0544 e. The Balaban J connectivity index is 1.32. The van der Waals surface area contributed by atoms with Crippen LogP contribution in [0.1, 0.15) is 25.0 Å². The standard InChI is InChI=1S/C39H26BrNS/c1-39(2)33-15-5-3-11-27(33)30-21-32-31-20-24(40)17-18-35(31)41(36(32)22-34(30)39)25-10-7-9-23(19-25)26-13-8-14-29-28-12-4-6-16-37(28)42-38(26)29/h3-22H,1-2H3. The van der Waals surface area contributed by atoms with Gasteiger partial charge in [0.25, 0.3) is 0 Å². The maximum atomic E-state index is 3.76. The summed E-state index contributed by atoms with van der Waals surface area (Å²) >= 11 is 5.65. The van der Waals surface area contributed by atoms with Crippen molar-refractivity contribution in [1.29, 1.82) is 0 Å². The molecule has 0 saturated carbocycles. The molecule has 1 nitrogen and oxygen atoms in total. The molecule has 1 aliphatic carbocycles. The van der Waals surface area contributed by atoms with Crippen LogP contribution in [0.3, 0.4) is 0 Å². The summed E-state index contributed by atoms with van der Waals surface area (Å²) in [5.41, 5.74) is 11.6. The van der Waals surface area contributed by atoms with Crippen LogP contribution in [0.25, 0.3) is 69.9 Å². The van der Waals surface area contributed by atoms with Crippen molar-refractivity contribution in [2.75, 3.05) is 0 Å². The number of nitrogens with zero attached hydrogens (tertiary/aromatic N) is 1. The monoisotopic (exact) mass is 619 g/mol. The summed E-state index contributed by atoms with van der Waals surface area (Å²) < 4.78 is 6.24. The van der Waals surface area contributed by atoms with E-state index in [-0.39, 0.29) is 5.41 Å². The van der Waals surface area contributed by atoms with Gasteiger partial charge in [-0.15, -0.1) is 11.3 Å². The average Bonchev–Trinajstić information content (AvgIpc) is 3.62. The topological polar surface area (TPSA) is 4.93 Å². The zero-order chi connectivity index (χ0) is 28.2. The molecule has 0 spiro atoms. The van der Waals surface area contributed by atoms with Crippen molar-refractivity contribution in [3.05, 3.63) is 137 Å². The van der Waals surface area contributed by atoms with Crippen LogP contribution in [0.2, 0.25) is 0 Å². The molecule has 8 aromatic rings. The first-order valence-corrected chi connectivity index (χ1v) is 16.0. The fourth-order valence-corrected chi connectivity index (χ4v) is 8.85. The Kier molecular flexibility index (Phi) is 5.04. The highest BCUT2D eigenvalue weighted by atomic mass is 79.9. The maximum Gasteiger partial charge on any atom is 0.0544 e. The average molecular weight is 621 g/mol. The lowest BCUT2D eigenvalue weighted by Gasteiger charge is -2.21. The van der Waals surface area contributed by atoms with E-state index in [9.17, 15) is 0 Å². The van der Waals surface area contributed by atoms with E-state index >= 15 is 0 Å². The van der Waals surface area contributed by atoms with Crippen molar-refractivity contribution < 1.29 is 0 Å². The third kappa shape index (κ3) is 3.29. The Morgan fingerprint density at radius 1 is 0.571 bits per heavy atom. The quantitative estimate of drug-likeness (QED) is 0.181. The number of aromatic nitrogens is 1. The molecule has 42 heavy (non-hydrogen) atoms. The van der Waals surface area contributed by atoms with Crippen molar-refractivity contribution in [2.24, 2.45) is 0 Å². The highest BCUT2D eigenvalue weighted by molar-refractivity contribution is 9.10. The zero-order valence-corrected chi connectivity index (χ0v) is 25.7. The van der Waals surface area contributed by atoms with Crippen LogP contribution in [0.15, 0.2) is 126 Å². The number of rotatable bonds is 2. The van der Waals surface area contributed by atoms with Crippen molar-refractivity contribution in [3.63, 3.8) is 0 Å². The molecule has 0 N–H and O–H groups in total. The van der Waals surface area contributed by atoms with E-state index in [0.717, 1.165) is 4.47 Å². The molecular formula is C39H26BrNS. The van der Waals surface area contributed by atoms with Crippen LogP contribution in [0.4, 0.5) is 0 Å². The second kappa shape index (κ2) is 8.67. The molecule has 0 bridgehead atoms. The fraction of sp³-hybridized carbons (Fsp3) is 0.0769. The molecule has 0 saturated heterocycles. The summed E-state index contributed by atoms with van der Waals surface area (Å²) in [6.07, 6.45) is 0. The van der Waals surface area contributed by atoms with E-state index < -0.39 is 0 Å². The van der Waals surface area contributed by atoms with Gasteiger partial charge in [0.2, 0.25) is 0 Å². The van der Waals surface area contributed by atoms with Gasteiger partial charge in [-0.25, -0.2) is 0 Å². The Labute approximate surface area is 256 Å². The first kappa shape index (κ1) is 24.4. The molecule has 200 valence electrons. The molecular weight excluding hydrogens is 594 g/mol. The van der Waals surface area contributed by atoms with Crippen LogP contribution in [-0.4, -0.2) is 4.57 Å². The minimum absolute atomic E-state index is 0.0549. The number of hydrogen-bond donors (Lipinski definition) is 0. The first-order chi connectivity index (χ1) is 20.5. The van der Waals surface area contributed by atoms with Gasteiger partial charge in [0.05, 0.1) is 11.0 Å². The fourth-order valence-electron chi connectivity index (χ4n) is 7.25. The highest BCUT2D eigenvalue weighted by Crippen LogP contribution is 2.51. The van der Waals surface area contributed by atoms with E-state index in [2.05, 4.69) is 156 Å². The summed E-state index contributed by atoms with van der Waals surface area (Å²) in [6.45, 7) is 4.72. The summed E-state index contributed by atoms with van der Waals surface area (Å²) in [5.74, 6) is 0. The van der Waals surface area contributed by atoms with Gasteiger partial charge >= 0.3 is 0 Å². The molecule has 0 atom stereocenters. The second-order valence-corrected chi connectivity index (χ2v) is 13.9. The molecule has 0 amide bonds. The number of thiophene rings is 1. The normalized spacial score (nSPS) is 13.8. The van der Waals surface area contributed by atoms with Gasteiger partial charge in [-0.2, -0.15) is 0 Å². The largest absolute Gasteiger partial charge is 0.309 e. The third-order valence-corrected chi connectivity index (χ3v) is 11.0. The minimum Gasteiger partial charge on any atom is -0.309 e. The van der Waals surface area contributed by atoms with Gasteiger partial charge in [0.1, 0.15) is 0 Å². The van der Waals surface area contributed by atoms with Crippen LogP contribution in [-0.2, 0) is 5.41 Å². The molecule has 0 unspecified atom stereocenters. The number of fused-ring (bicyclic) bond motifs is 9. The lowest BCUT2D eigenvalue weighted by molar-refractivity contribution is 0.661. The molecule has 0 radical (unpaired) electrons. The predicted molar refractivity (Wildman–Crippen MR) is 184 cm³/mol. The molecule has 6 aromatic carbocycles. The Morgan fingerprint density at radius 2 is 1.33 bits per heavy atom. The summed E-state index contributed by atoms with van der Waals surface area (Å²) in [4.78, 5) is 0. The lowest BCUT2D eigenvalue weighted by atomic mass is 9.82. The highest BCUT2D eigenvalue weighted by Gasteiger charge is 2.36. The van der Waals surface area contributed by atoms with Crippen LogP contribution in [0, 0.1) is 0 Å². The summed E-state index contributed by atoms with van der Waals surface area (Å²) in [6, 6.07) is 45.0. The van der Waals surface area contributed by atoms with Gasteiger partial charge in [0, 0.05) is 46.5 Å². The number of benzene rings is 6. The predicted octanol–water partition coefficient (Wildman–Crippen LogP) is 11.9. The molecule has 3 heteroatoms. The van der Waals surface area contributed by atoms with Gasteiger partial charge in [0.15, 0.2) is 0 Å².